The van der Waals surface area contributed by atoms with E-state index in [1.807, 2.05) is 0 Å². The van der Waals surface area contributed by atoms with Gasteiger partial charge in [-0.25, -0.2) is 18.4 Å². The van der Waals surface area contributed by atoms with Gasteiger partial charge in [-0.3, -0.25) is 9.71 Å². The molecule has 1 aromatic carbocycles. The summed E-state index contributed by atoms with van der Waals surface area (Å²) in [5, 5.41) is 3.88. The molecule has 3 aromatic heterocycles. The van der Waals surface area contributed by atoms with Crippen molar-refractivity contribution in [2.24, 2.45) is 0 Å². The van der Waals surface area contributed by atoms with E-state index in [1.165, 1.54) is 25.6 Å². The normalized spacial score (nSPS) is 11.3. The lowest BCUT2D eigenvalue weighted by Gasteiger charge is -2.13. The van der Waals surface area contributed by atoms with Gasteiger partial charge in [-0.2, -0.15) is 4.98 Å². The molecule has 0 saturated carbocycles. The fraction of sp³-hybridized carbons (Fsp3) is 0.150. The number of anilines is 1. The lowest BCUT2D eigenvalue weighted by atomic mass is 10.1. The predicted octanol–water partition coefficient (Wildman–Crippen LogP) is 3.01. The standard InChI is InChI=1S/C20H18N6O4S/c1-12-11-22-19(20(23-12)29-3)26-31(27,28)16-5-4-10-21-17(16)14-6-8-15(9-7-14)18-24-13(2)30-25-18/h4-11H,1-3H3,(H,22,26). The van der Waals surface area contributed by atoms with Crippen LogP contribution in [0, 0.1) is 13.8 Å². The predicted molar refractivity (Wildman–Crippen MR) is 112 cm³/mol. The minimum atomic E-state index is -4.03. The molecular weight excluding hydrogens is 420 g/mol. The van der Waals surface area contributed by atoms with E-state index < -0.39 is 10.0 Å². The molecule has 158 valence electrons. The first-order valence-electron chi connectivity index (χ1n) is 9.14. The Hall–Kier alpha value is -3.86. The van der Waals surface area contributed by atoms with Gasteiger partial charge in [-0.15, -0.1) is 0 Å². The minimum Gasteiger partial charge on any atom is -0.478 e. The van der Waals surface area contributed by atoms with Crippen LogP contribution in [-0.4, -0.2) is 40.6 Å². The molecule has 0 aliphatic heterocycles. The zero-order valence-electron chi connectivity index (χ0n) is 16.9. The summed E-state index contributed by atoms with van der Waals surface area (Å²) < 4.78 is 38.8. The number of pyridine rings is 1. The van der Waals surface area contributed by atoms with Crippen LogP contribution >= 0.6 is 0 Å². The molecule has 0 saturated heterocycles. The van der Waals surface area contributed by atoms with Gasteiger partial charge in [0.2, 0.25) is 17.5 Å². The van der Waals surface area contributed by atoms with E-state index in [0.717, 1.165) is 5.56 Å². The van der Waals surface area contributed by atoms with Gasteiger partial charge in [0.25, 0.3) is 15.9 Å². The first-order valence-corrected chi connectivity index (χ1v) is 10.6. The van der Waals surface area contributed by atoms with Crippen molar-refractivity contribution in [1.82, 2.24) is 25.1 Å². The highest BCUT2D eigenvalue weighted by Gasteiger charge is 2.23. The molecule has 0 spiro atoms. The zero-order chi connectivity index (χ0) is 22.0. The molecule has 0 unspecified atom stereocenters. The average Bonchev–Trinajstić information content (AvgIpc) is 3.21. The molecule has 4 rings (SSSR count). The number of benzene rings is 1. The zero-order valence-corrected chi connectivity index (χ0v) is 17.7. The number of methoxy groups -OCH3 is 1. The highest BCUT2D eigenvalue weighted by molar-refractivity contribution is 7.92. The monoisotopic (exact) mass is 438 g/mol. The van der Waals surface area contributed by atoms with Gasteiger partial charge >= 0.3 is 0 Å². The van der Waals surface area contributed by atoms with Crippen molar-refractivity contribution in [2.45, 2.75) is 18.7 Å². The van der Waals surface area contributed by atoms with Crippen molar-refractivity contribution < 1.29 is 17.7 Å². The van der Waals surface area contributed by atoms with Crippen LogP contribution in [0.15, 0.2) is 58.2 Å². The first-order chi connectivity index (χ1) is 14.9. The highest BCUT2D eigenvalue weighted by Crippen LogP contribution is 2.29. The summed E-state index contributed by atoms with van der Waals surface area (Å²) in [7, 11) is -2.64. The maximum absolute atomic E-state index is 13.1. The molecular formula is C20H18N6O4S. The van der Waals surface area contributed by atoms with Crippen molar-refractivity contribution in [3.05, 3.63) is 60.4 Å². The van der Waals surface area contributed by atoms with Crippen LogP contribution in [0.1, 0.15) is 11.6 Å². The Morgan fingerprint density at radius 3 is 2.42 bits per heavy atom. The van der Waals surface area contributed by atoms with E-state index >= 15 is 0 Å². The second kappa shape index (κ2) is 8.11. The van der Waals surface area contributed by atoms with E-state index in [4.69, 9.17) is 9.26 Å². The fourth-order valence-electron chi connectivity index (χ4n) is 2.87. The van der Waals surface area contributed by atoms with Gasteiger partial charge in [-0.1, -0.05) is 29.4 Å². The SMILES string of the molecule is COc1nc(C)cnc1NS(=O)(=O)c1cccnc1-c1ccc(-c2noc(C)n2)cc1. The van der Waals surface area contributed by atoms with Crippen LogP contribution in [0.5, 0.6) is 5.88 Å². The summed E-state index contributed by atoms with van der Waals surface area (Å²) in [6.45, 7) is 3.43. The number of hydrogen-bond donors (Lipinski definition) is 1. The summed E-state index contributed by atoms with van der Waals surface area (Å²) in [4.78, 5) is 16.7. The maximum Gasteiger partial charge on any atom is 0.265 e. The lowest BCUT2D eigenvalue weighted by molar-refractivity contribution is 0.394. The van der Waals surface area contributed by atoms with E-state index in [-0.39, 0.29) is 22.3 Å². The van der Waals surface area contributed by atoms with Crippen LogP contribution in [0.2, 0.25) is 0 Å². The summed E-state index contributed by atoms with van der Waals surface area (Å²) in [5.74, 6) is 0.974. The van der Waals surface area contributed by atoms with E-state index in [9.17, 15) is 8.42 Å². The van der Waals surface area contributed by atoms with Crippen molar-refractivity contribution in [3.63, 3.8) is 0 Å². The van der Waals surface area contributed by atoms with Crippen molar-refractivity contribution in [3.8, 4) is 28.5 Å². The Balaban J connectivity index is 1.70. The van der Waals surface area contributed by atoms with Crippen LogP contribution < -0.4 is 9.46 Å². The third-order valence-electron chi connectivity index (χ3n) is 4.29. The van der Waals surface area contributed by atoms with Gasteiger partial charge in [-0.05, 0) is 19.1 Å². The molecule has 0 aliphatic rings. The van der Waals surface area contributed by atoms with Gasteiger partial charge in [0, 0.05) is 24.2 Å². The van der Waals surface area contributed by atoms with Crippen LogP contribution in [0.3, 0.4) is 0 Å². The highest BCUT2D eigenvalue weighted by atomic mass is 32.2. The summed E-state index contributed by atoms with van der Waals surface area (Å²) in [6.07, 6.45) is 2.97. The summed E-state index contributed by atoms with van der Waals surface area (Å²) >= 11 is 0. The molecule has 0 atom stereocenters. The van der Waals surface area contributed by atoms with Crippen LogP contribution in [-0.2, 0) is 10.0 Å². The van der Waals surface area contributed by atoms with E-state index in [0.29, 0.717) is 23.0 Å². The van der Waals surface area contributed by atoms with Crippen molar-refractivity contribution in [1.29, 1.82) is 0 Å². The van der Waals surface area contributed by atoms with Gasteiger partial charge in [0.15, 0.2) is 0 Å². The Morgan fingerprint density at radius 2 is 1.74 bits per heavy atom. The van der Waals surface area contributed by atoms with E-state index in [2.05, 4.69) is 29.8 Å². The Bertz CT molecular complexity index is 1340. The van der Waals surface area contributed by atoms with Crippen LogP contribution in [0.4, 0.5) is 5.82 Å². The number of aryl methyl sites for hydroxylation is 2. The molecule has 4 aromatic rings. The van der Waals surface area contributed by atoms with Crippen molar-refractivity contribution in [2.75, 3.05) is 11.8 Å². The second-order valence-electron chi connectivity index (χ2n) is 6.54. The second-order valence-corrected chi connectivity index (χ2v) is 8.19. The molecule has 0 radical (unpaired) electrons. The molecule has 31 heavy (non-hydrogen) atoms. The summed E-state index contributed by atoms with van der Waals surface area (Å²) in [6, 6.07) is 10.0. The smallest absolute Gasteiger partial charge is 0.265 e. The third-order valence-corrected chi connectivity index (χ3v) is 5.66. The largest absolute Gasteiger partial charge is 0.478 e. The number of hydrogen-bond acceptors (Lipinski definition) is 9. The van der Waals surface area contributed by atoms with Crippen LogP contribution in [0.25, 0.3) is 22.6 Å². The maximum atomic E-state index is 13.1. The molecule has 0 bridgehead atoms. The Labute approximate surface area is 178 Å². The fourth-order valence-corrected chi connectivity index (χ4v) is 4.05. The number of aromatic nitrogens is 5. The number of rotatable bonds is 6. The minimum absolute atomic E-state index is 0.00859. The average molecular weight is 438 g/mol. The third kappa shape index (κ3) is 4.21. The number of ether oxygens (including phenoxy) is 1. The molecule has 0 amide bonds. The topological polar surface area (TPSA) is 133 Å². The van der Waals surface area contributed by atoms with Crippen molar-refractivity contribution >= 4 is 15.8 Å². The number of nitrogens with zero attached hydrogens (tertiary/aromatic N) is 5. The lowest BCUT2D eigenvalue weighted by Crippen LogP contribution is -2.16. The molecule has 1 N–H and O–H groups in total. The molecule has 11 heteroatoms. The Morgan fingerprint density at radius 1 is 1.00 bits per heavy atom. The Kier molecular flexibility index (Phi) is 5.34. The van der Waals surface area contributed by atoms with Gasteiger partial charge in [0.1, 0.15) is 4.90 Å². The molecule has 0 fully saturated rings. The van der Waals surface area contributed by atoms with Gasteiger partial charge < -0.3 is 9.26 Å². The summed E-state index contributed by atoms with van der Waals surface area (Å²) in [5.41, 5.74) is 2.22. The van der Waals surface area contributed by atoms with Gasteiger partial charge in [0.05, 0.1) is 24.7 Å². The number of nitrogens with one attached hydrogen (secondary N) is 1. The first kappa shape index (κ1) is 20.4. The molecule has 0 aliphatic carbocycles. The molecule has 10 nitrogen and oxygen atoms in total. The molecule has 3 heterocycles. The number of sulfonamides is 1. The quantitative estimate of drug-likeness (QED) is 0.482. The van der Waals surface area contributed by atoms with E-state index in [1.54, 1.807) is 44.2 Å².